The van der Waals surface area contributed by atoms with Crippen LogP contribution < -0.4 is 10.2 Å². The third-order valence-corrected chi connectivity index (χ3v) is 7.21. The highest BCUT2D eigenvalue weighted by molar-refractivity contribution is 5.84. The van der Waals surface area contributed by atoms with Crippen LogP contribution in [0.15, 0.2) is 18.2 Å². The second-order valence-corrected chi connectivity index (χ2v) is 9.79. The quantitative estimate of drug-likeness (QED) is 0.224. The van der Waals surface area contributed by atoms with Gasteiger partial charge in [-0.05, 0) is 37.5 Å². The lowest BCUT2D eigenvalue weighted by atomic mass is 9.92. The zero-order valence-electron chi connectivity index (χ0n) is 21.1. The number of nitrogens with one attached hydrogen (secondary N) is 1. The van der Waals surface area contributed by atoms with Crippen molar-refractivity contribution in [1.29, 1.82) is 0 Å². The number of carboxylic acid groups (broad SMARTS) is 2. The van der Waals surface area contributed by atoms with Crippen LogP contribution in [0.1, 0.15) is 30.4 Å². The number of piperazine rings is 1. The summed E-state index contributed by atoms with van der Waals surface area (Å²) in [6.45, 7) is 7.34. The standard InChI is InChI=1S/C25H37N3O9/c1-14-4-3-5-17(15(14)2)28-10-8-27(9-11-28)13-19-23(33)24(34)22(32)18(37-19)12-20(29)26-16(25(35)36)6-7-21(30)31/h3-5,16,18-19,22-24,32-34H,6-13H2,1-2H3,(H,26,29)(H,30,31)(H,35,36)/t16-,18-,19+,22+,23+,24+/m0/s1. The summed E-state index contributed by atoms with van der Waals surface area (Å²) in [7, 11) is 0. The van der Waals surface area contributed by atoms with E-state index in [1.807, 2.05) is 6.07 Å². The van der Waals surface area contributed by atoms with Gasteiger partial charge in [0.1, 0.15) is 24.4 Å². The molecule has 0 radical (unpaired) electrons. The number of aliphatic carboxylic acids is 2. The first kappa shape index (κ1) is 28.8. The van der Waals surface area contributed by atoms with E-state index in [1.54, 1.807) is 0 Å². The summed E-state index contributed by atoms with van der Waals surface area (Å²) in [4.78, 5) is 38.9. The van der Waals surface area contributed by atoms with Crippen molar-refractivity contribution in [2.45, 2.75) is 69.7 Å². The van der Waals surface area contributed by atoms with Crippen molar-refractivity contribution in [1.82, 2.24) is 10.2 Å². The van der Waals surface area contributed by atoms with Gasteiger partial charge in [-0.15, -0.1) is 0 Å². The van der Waals surface area contributed by atoms with Gasteiger partial charge < -0.3 is 40.5 Å². The molecule has 2 aliphatic heterocycles. The van der Waals surface area contributed by atoms with Crippen molar-refractivity contribution in [2.75, 3.05) is 37.6 Å². The molecule has 2 aliphatic rings. The van der Waals surface area contributed by atoms with Crippen molar-refractivity contribution >= 4 is 23.5 Å². The van der Waals surface area contributed by atoms with Gasteiger partial charge in [0.15, 0.2) is 0 Å². The predicted octanol–water partition coefficient (Wildman–Crippen LogP) is -0.900. The van der Waals surface area contributed by atoms with Crippen LogP contribution in [0.25, 0.3) is 0 Å². The van der Waals surface area contributed by atoms with E-state index in [4.69, 9.17) is 9.84 Å². The highest BCUT2D eigenvalue weighted by atomic mass is 16.5. The van der Waals surface area contributed by atoms with Crippen LogP contribution in [-0.2, 0) is 19.1 Å². The second kappa shape index (κ2) is 12.7. The maximum absolute atomic E-state index is 12.5. The van der Waals surface area contributed by atoms with Crippen molar-refractivity contribution in [3.63, 3.8) is 0 Å². The fraction of sp³-hybridized carbons (Fsp3) is 0.640. The first-order valence-electron chi connectivity index (χ1n) is 12.4. The molecule has 0 spiro atoms. The number of hydrogen-bond donors (Lipinski definition) is 6. The summed E-state index contributed by atoms with van der Waals surface area (Å²) in [6.07, 6.45) is -7.71. The minimum atomic E-state index is -1.56. The lowest BCUT2D eigenvalue weighted by molar-refractivity contribution is -0.226. The van der Waals surface area contributed by atoms with Crippen molar-refractivity contribution in [3.05, 3.63) is 29.3 Å². The Bertz CT molecular complexity index is 967. The number of aryl methyl sites for hydroxylation is 1. The average molecular weight is 524 g/mol. The van der Waals surface area contributed by atoms with E-state index in [0.717, 1.165) is 13.1 Å². The lowest BCUT2D eigenvalue weighted by Gasteiger charge is -2.44. The van der Waals surface area contributed by atoms with Gasteiger partial charge in [0.25, 0.3) is 0 Å². The van der Waals surface area contributed by atoms with Gasteiger partial charge in [-0.3, -0.25) is 14.5 Å². The van der Waals surface area contributed by atoms with Crippen molar-refractivity contribution in [2.24, 2.45) is 0 Å². The largest absolute Gasteiger partial charge is 0.481 e. The van der Waals surface area contributed by atoms with Crippen LogP contribution in [-0.4, -0.2) is 118 Å². The van der Waals surface area contributed by atoms with Gasteiger partial charge in [-0.1, -0.05) is 12.1 Å². The molecule has 1 aromatic rings. The van der Waals surface area contributed by atoms with Crippen LogP contribution in [0.2, 0.25) is 0 Å². The molecule has 0 saturated carbocycles. The number of aliphatic hydroxyl groups is 3. The number of nitrogens with zero attached hydrogens (tertiary/aromatic N) is 2. The third-order valence-electron chi connectivity index (χ3n) is 7.21. The summed E-state index contributed by atoms with van der Waals surface area (Å²) in [5.41, 5.74) is 3.63. The summed E-state index contributed by atoms with van der Waals surface area (Å²) in [5, 5.41) is 51.5. The van der Waals surface area contributed by atoms with E-state index in [1.165, 1.54) is 16.8 Å². The summed E-state index contributed by atoms with van der Waals surface area (Å²) < 4.78 is 5.82. The van der Waals surface area contributed by atoms with Gasteiger partial charge in [-0.25, -0.2) is 4.79 Å². The van der Waals surface area contributed by atoms with Crippen molar-refractivity contribution < 1.29 is 44.7 Å². The zero-order chi connectivity index (χ0) is 27.3. The Morgan fingerprint density at radius 1 is 1.00 bits per heavy atom. The van der Waals surface area contributed by atoms with E-state index >= 15 is 0 Å². The first-order valence-corrected chi connectivity index (χ1v) is 12.4. The predicted molar refractivity (Wildman–Crippen MR) is 132 cm³/mol. The Kier molecular flexibility index (Phi) is 9.85. The minimum Gasteiger partial charge on any atom is -0.481 e. The van der Waals surface area contributed by atoms with Gasteiger partial charge in [0, 0.05) is 44.8 Å². The zero-order valence-corrected chi connectivity index (χ0v) is 21.1. The number of ether oxygens (including phenoxy) is 1. The van der Waals surface area contributed by atoms with Crippen molar-refractivity contribution in [3.8, 4) is 0 Å². The highest BCUT2D eigenvalue weighted by Gasteiger charge is 2.45. The van der Waals surface area contributed by atoms with Crippen LogP contribution in [0.4, 0.5) is 5.69 Å². The number of carboxylic acids is 2. The van der Waals surface area contributed by atoms with Gasteiger partial charge in [0.05, 0.1) is 18.6 Å². The Labute approximate surface area is 215 Å². The smallest absolute Gasteiger partial charge is 0.326 e. The minimum absolute atomic E-state index is 0.278. The molecule has 206 valence electrons. The number of carbonyl (C=O) groups is 3. The highest BCUT2D eigenvalue weighted by Crippen LogP contribution is 2.26. The first-order chi connectivity index (χ1) is 17.5. The van der Waals surface area contributed by atoms with Crippen LogP contribution in [0.3, 0.4) is 0 Å². The van der Waals surface area contributed by atoms with E-state index in [0.29, 0.717) is 13.1 Å². The van der Waals surface area contributed by atoms with E-state index in [9.17, 15) is 34.8 Å². The fourth-order valence-corrected chi connectivity index (χ4v) is 4.81. The molecule has 2 saturated heterocycles. The maximum Gasteiger partial charge on any atom is 0.326 e. The molecule has 1 aromatic carbocycles. The molecule has 0 bridgehead atoms. The van der Waals surface area contributed by atoms with Crippen LogP contribution >= 0.6 is 0 Å². The summed E-state index contributed by atoms with van der Waals surface area (Å²) in [6, 6.07) is 4.79. The number of benzene rings is 1. The van der Waals surface area contributed by atoms with E-state index < -0.39 is 67.2 Å². The third kappa shape index (κ3) is 7.39. The van der Waals surface area contributed by atoms with Gasteiger partial charge in [-0.2, -0.15) is 0 Å². The number of hydrogen-bond acceptors (Lipinski definition) is 9. The van der Waals surface area contributed by atoms with E-state index in [-0.39, 0.29) is 13.0 Å². The molecule has 3 rings (SSSR count). The Morgan fingerprint density at radius 3 is 2.27 bits per heavy atom. The van der Waals surface area contributed by atoms with Crippen LogP contribution in [0.5, 0.6) is 0 Å². The number of carbonyl (C=O) groups excluding carboxylic acids is 1. The molecule has 2 fully saturated rings. The maximum atomic E-state index is 12.5. The number of amides is 1. The monoisotopic (exact) mass is 523 g/mol. The molecule has 1 amide bonds. The Balaban J connectivity index is 1.56. The lowest BCUT2D eigenvalue weighted by Crippen LogP contribution is -2.61. The molecule has 0 aliphatic carbocycles. The SMILES string of the molecule is Cc1cccc(N2CCN(C[C@H]3O[C@@H](CC(=O)N[C@@H](CCC(=O)O)C(=O)O)[C@@H](O)[C@@H](O)[C@@H]3O)CC2)c1C. The topological polar surface area (TPSA) is 180 Å². The summed E-state index contributed by atoms with van der Waals surface area (Å²) in [5.74, 6) is -3.35. The summed E-state index contributed by atoms with van der Waals surface area (Å²) >= 11 is 0. The molecule has 2 heterocycles. The Morgan fingerprint density at radius 2 is 1.65 bits per heavy atom. The van der Waals surface area contributed by atoms with Gasteiger partial charge >= 0.3 is 11.9 Å². The van der Waals surface area contributed by atoms with Gasteiger partial charge in [0.2, 0.25) is 5.91 Å². The van der Waals surface area contributed by atoms with E-state index in [2.05, 4.69) is 41.1 Å². The molecular formula is C25H37N3O9. The molecule has 12 heteroatoms. The molecule has 0 aromatic heterocycles. The number of anilines is 1. The molecule has 12 nitrogen and oxygen atoms in total. The van der Waals surface area contributed by atoms with Crippen LogP contribution in [0, 0.1) is 13.8 Å². The molecule has 37 heavy (non-hydrogen) atoms. The fourth-order valence-electron chi connectivity index (χ4n) is 4.81. The second-order valence-electron chi connectivity index (χ2n) is 9.79. The number of aliphatic hydroxyl groups excluding tert-OH is 3. The normalized spacial score (nSPS) is 27.5. The number of rotatable bonds is 10. The molecule has 0 unspecified atom stereocenters. The molecule has 6 N–H and O–H groups in total. The Hall–Kier alpha value is -2.77. The molecular weight excluding hydrogens is 486 g/mol. The average Bonchev–Trinajstić information content (AvgIpc) is 2.85. The molecule has 6 atom stereocenters.